The van der Waals surface area contributed by atoms with Gasteiger partial charge in [-0.2, -0.15) is 0 Å². The Morgan fingerprint density at radius 1 is 1.43 bits per heavy atom. The molecule has 0 radical (unpaired) electrons. The van der Waals surface area contributed by atoms with Crippen molar-refractivity contribution in [3.63, 3.8) is 0 Å². The van der Waals surface area contributed by atoms with E-state index in [1.165, 1.54) is 0 Å². The Hall–Kier alpha value is -1.49. The highest BCUT2D eigenvalue weighted by atomic mass is 16.2. The molecule has 5 nitrogen and oxygen atoms in total. The van der Waals surface area contributed by atoms with E-state index in [1.807, 2.05) is 18.9 Å². The average Bonchev–Trinajstić information content (AvgIpc) is 2.47. The normalized spacial score (nSPS) is 16.5. The standard InChI is InChI=1S/C16H26N4O/c1-11(2)15-14(10-18-12(3)19-15)16(21)20-7-5-13(6-8-20)9-17-4/h10-11,13,17H,5-9H2,1-4H3. The Morgan fingerprint density at radius 2 is 2.10 bits per heavy atom. The molecule has 0 aliphatic carbocycles. The van der Waals surface area contributed by atoms with Gasteiger partial charge >= 0.3 is 0 Å². The van der Waals surface area contributed by atoms with E-state index in [0.717, 1.165) is 44.0 Å². The molecule has 1 aromatic rings. The molecule has 0 aromatic carbocycles. The first-order chi connectivity index (χ1) is 10.0. The average molecular weight is 290 g/mol. The van der Waals surface area contributed by atoms with Crippen LogP contribution in [0.3, 0.4) is 0 Å². The van der Waals surface area contributed by atoms with Crippen LogP contribution in [0.1, 0.15) is 54.5 Å². The lowest BCUT2D eigenvalue weighted by molar-refractivity contribution is 0.0688. The summed E-state index contributed by atoms with van der Waals surface area (Å²) in [6.07, 6.45) is 3.83. The van der Waals surface area contributed by atoms with Crippen molar-refractivity contribution in [3.05, 3.63) is 23.3 Å². The first-order valence-corrected chi connectivity index (χ1v) is 7.80. The lowest BCUT2D eigenvalue weighted by Crippen LogP contribution is -2.41. The van der Waals surface area contributed by atoms with E-state index in [2.05, 4.69) is 29.1 Å². The smallest absolute Gasteiger partial charge is 0.257 e. The molecule has 0 unspecified atom stereocenters. The Balaban J connectivity index is 2.11. The molecule has 0 spiro atoms. The summed E-state index contributed by atoms with van der Waals surface area (Å²) in [5, 5.41) is 3.22. The Morgan fingerprint density at radius 3 is 2.67 bits per heavy atom. The van der Waals surface area contributed by atoms with Crippen LogP contribution in [0.15, 0.2) is 6.20 Å². The molecule has 1 aromatic heterocycles. The number of carbonyl (C=O) groups is 1. The van der Waals surface area contributed by atoms with E-state index in [1.54, 1.807) is 6.20 Å². The molecule has 2 rings (SSSR count). The van der Waals surface area contributed by atoms with Gasteiger partial charge in [-0.3, -0.25) is 4.79 Å². The number of amides is 1. The van der Waals surface area contributed by atoms with Gasteiger partial charge in [0, 0.05) is 19.3 Å². The maximum absolute atomic E-state index is 12.7. The SMILES string of the molecule is CNCC1CCN(C(=O)c2cnc(C)nc2C(C)C)CC1. The second kappa shape index (κ2) is 6.98. The summed E-state index contributed by atoms with van der Waals surface area (Å²) in [5.74, 6) is 1.72. The highest BCUT2D eigenvalue weighted by molar-refractivity contribution is 5.95. The third-order valence-electron chi connectivity index (χ3n) is 4.11. The molecule has 0 saturated carbocycles. The van der Waals surface area contributed by atoms with E-state index in [0.29, 0.717) is 11.5 Å². The van der Waals surface area contributed by atoms with Crippen molar-refractivity contribution >= 4 is 5.91 Å². The van der Waals surface area contributed by atoms with E-state index >= 15 is 0 Å². The highest BCUT2D eigenvalue weighted by Crippen LogP contribution is 2.22. The molecule has 5 heteroatoms. The first kappa shape index (κ1) is 15.9. The van der Waals surface area contributed by atoms with Crippen molar-refractivity contribution in [1.82, 2.24) is 20.2 Å². The molecule has 0 bridgehead atoms. The maximum Gasteiger partial charge on any atom is 0.257 e. The van der Waals surface area contributed by atoms with Gasteiger partial charge in [-0.25, -0.2) is 9.97 Å². The number of piperidine rings is 1. The molecule has 1 aliphatic heterocycles. The molecule has 2 heterocycles. The maximum atomic E-state index is 12.7. The lowest BCUT2D eigenvalue weighted by Gasteiger charge is -2.32. The molecular weight excluding hydrogens is 264 g/mol. The number of hydrogen-bond acceptors (Lipinski definition) is 4. The van der Waals surface area contributed by atoms with Crippen LogP contribution < -0.4 is 5.32 Å². The molecule has 1 amide bonds. The van der Waals surface area contributed by atoms with Crippen LogP contribution in [0.25, 0.3) is 0 Å². The molecular formula is C16H26N4O. The second-order valence-electron chi connectivity index (χ2n) is 6.16. The fourth-order valence-corrected chi connectivity index (χ4v) is 2.89. The second-order valence-corrected chi connectivity index (χ2v) is 6.16. The zero-order valence-electron chi connectivity index (χ0n) is 13.5. The number of hydrogen-bond donors (Lipinski definition) is 1. The predicted molar refractivity (Wildman–Crippen MR) is 83.4 cm³/mol. The van der Waals surface area contributed by atoms with Gasteiger partial charge in [-0.15, -0.1) is 0 Å². The molecule has 116 valence electrons. The fraction of sp³-hybridized carbons (Fsp3) is 0.688. The van der Waals surface area contributed by atoms with Gasteiger partial charge in [0.1, 0.15) is 5.82 Å². The summed E-state index contributed by atoms with van der Waals surface area (Å²) in [5.41, 5.74) is 1.53. The van der Waals surface area contributed by atoms with Crippen LogP contribution >= 0.6 is 0 Å². The minimum Gasteiger partial charge on any atom is -0.339 e. The van der Waals surface area contributed by atoms with Gasteiger partial charge < -0.3 is 10.2 Å². The number of aryl methyl sites for hydroxylation is 1. The van der Waals surface area contributed by atoms with Gasteiger partial charge in [-0.05, 0) is 45.2 Å². The third-order valence-corrected chi connectivity index (χ3v) is 4.11. The quantitative estimate of drug-likeness (QED) is 0.921. The number of nitrogens with one attached hydrogen (secondary N) is 1. The summed E-state index contributed by atoms with van der Waals surface area (Å²) in [6.45, 7) is 8.69. The fourth-order valence-electron chi connectivity index (χ4n) is 2.89. The zero-order valence-corrected chi connectivity index (χ0v) is 13.5. The van der Waals surface area contributed by atoms with Crippen molar-refractivity contribution in [1.29, 1.82) is 0 Å². The number of likely N-dealkylation sites (tertiary alicyclic amines) is 1. The van der Waals surface area contributed by atoms with Gasteiger partial charge in [-0.1, -0.05) is 13.8 Å². The Bertz CT molecular complexity index is 493. The first-order valence-electron chi connectivity index (χ1n) is 7.80. The van der Waals surface area contributed by atoms with Crippen LogP contribution in [-0.2, 0) is 0 Å². The van der Waals surface area contributed by atoms with Gasteiger partial charge in [0.05, 0.1) is 11.3 Å². The molecule has 1 fully saturated rings. The Kier molecular flexibility index (Phi) is 5.28. The van der Waals surface area contributed by atoms with Crippen molar-refractivity contribution in [2.75, 3.05) is 26.7 Å². The van der Waals surface area contributed by atoms with Crippen LogP contribution in [0.4, 0.5) is 0 Å². The third kappa shape index (κ3) is 3.79. The van der Waals surface area contributed by atoms with Crippen molar-refractivity contribution in [2.24, 2.45) is 5.92 Å². The number of nitrogens with zero attached hydrogens (tertiary/aromatic N) is 3. The van der Waals surface area contributed by atoms with Crippen LogP contribution in [0.5, 0.6) is 0 Å². The summed E-state index contributed by atoms with van der Waals surface area (Å²) < 4.78 is 0. The largest absolute Gasteiger partial charge is 0.339 e. The Labute approximate surface area is 127 Å². The molecule has 1 saturated heterocycles. The minimum atomic E-state index is 0.0848. The van der Waals surface area contributed by atoms with Gasteiger partial charge in [0.2, 0.25) is 0 Å². The molecule has 1 aliphatic rings. The molecule has 1 N–H and O–H groups in total. The summed E-state index contributed by atoms with van der Waals surface area (Å²) in [7, 11) is 1.98. The predicted octanol–water partition coefficient (Wildman–Crippen LogP) is 1.98. The molecule has 0 atom stereocenters. The number of aromatic nitrogens is 2. The van der Waals surface area contributed by atoms with Crippen LogP contribution in [0.2, 0.25) is 0 Å². The van der Waals surface area contributed by atoms with E-state index in [4.69, 9.17) is 0 Å². The summed E-state index contributed by atoms with van der Waals surface area (Å²) >= 11 is 0. The van der Waals surface area contributed by atoms with Gasteiger partial charge in [0.15, 0.2) is 0 Å². The van der Waals surface area contributed by atoms with Crippen molar-refractivity contribution in [3.8, 4) is 0 Å². The number of rotatable bonds is 4. The summed E-state index contributed by atoms with van der Waals surface area (Å²) in [4.78, 5) is 23.4. The van der Waals surface area contributed by atoms with Crippen LogP contribution in [-0.4, -0.2) is 47.5 Å². The summed E-state index contributed by atoms with van der Waals surface area (Å²) in [6, 6.07) is 0. The minimum absolute atomic E-state index is 0.0848. The van der Waals surface area contributed by atoms with Crippen LogP contribution in [0, 0.1) is 12.8 Å². The van der Waals surface area contributed by atoms with E-state index in [-0.39, 0.29) is 11.8 Å². The van der Waals surface area contributed by atoms with Crippen molar-refractivity contribution < 1.29 is 4.79 Å². The number of carbonyl (C=O) groups excluding carboxylic acids is 1. The monoisotopic (exact) mass is 290 g/mol. The van der Waals surface area contributed by atoms with E-state index < -0.39 is 0 Å². The van der Waals surface area contributed by atoms with E-state index in [9.17, 15) is 4.79 Å². The zero-order chi connectivity index (χ0) is 15.4. The topological polar surface area (TPSA) is 58.1 Å². The lowest BCUT2D eigenvalue weighted by atomic mass is 9.96. The van der Waals surface area contributed by atoms with Gasteiger partial charge in [0.25, 0.3) is 5.91 Å². The highest BCUT2D eigenvalue weighted by Gasteiger charge is 2.26. The molecule has 21 heavy (non-hydrogen) atoms. The van der Waals surface area contributed by atoms with Crippen molar-refractivity contribution in [2.45, 2.75) is 39.5 Å².